The molecule has 1 aliphatic rings. The van der Waals surface area contributed by atoms with Gasteiger partial charge in [0.15, 0.2) is 11.5 Å². The highest BCUT2D eigenvalue weighted by Gasteiger charge is 2.34. The third-order valence-corrected chi connectivity index (χ3v) is 8.96. The fourth-order valence-corrected chi connectivity index (χ4v) is 6.24. The molecule has 0 aliphatic carbocycles. The number of amides is 2. The Morgan fingerprint density at radius 3 is 2.19 bits per heavy atom. The third-order valence-electron chi connectivity index (χ3n) is 6.48. The van der Waals surface area contributed by atoms with Crippen LogP contribution in [0.4, 0.5) is 10.1 Å². The number of nitrogens with one attached hydrogen (secondary N) is 1. The molecule has 0 saturated heterocycles. The van der Waals surface area contributed by atoms with Crippen molar-refractivity contribution in [3.63, 3.8) is 0 Å². The van der Waals surface area contributed by atoms with Gasteiger partial charge in [-0.15, -0.1) is 0 Å². The summed E-state index contributed by atoms with van der Waals surface area (Å²) < 4.78 is 53.8. The van der Waals surface area contributed by atoms with Gasteiger partial charge < -0.3 is 19.7 Å². The zero-order valence-electron chi connectivity index (χ0n) is 23.1. The van der Waals surface area contributed by atoms with E-state index in [1.54, 1.807) is 32.0 Å². The van der Waals surface area contributed by atoms with Gasteiger partial charge in [-0.3, -0.25) is 13.9 Å². The van der Waals surface area contributed by atoms with Crippen LogP contribution >= 0.6 is 23.2 Å². The molecule has 13 heteroatoms. The van der Waals surface area contributed by atoms with Crippen LogP contribution in [0.5, 0.6) is 11.5 Å². The number of sulfonamides is 1. The molecule has 4 rings (SSSR count). The number of rotatable bonds is 10. The average Bonchev–Trinajstić information content (AvgIpc) is 2.95. The Kier molecular flexibility index (Phi) is 9.85. The molecule has 1 atom stereocenters. The molecule has 0 spiro atoms. The zero-order valence-corrected chi connectivity index (χ0v) is 25.5. The van der Waals surface area contributed by atoms with E-state index < -0.39 is 40.2 Å². The molecule has 3 aromatic rings. The maximum Gasteiger partial charge on any atom is 0.264 e. The molecule has 9 nitrogen and oxygen atoms in total. The fourth-order valence-electron chi connectivity index (χ4n) is 4.29. The van der Waals surface area contributed by atoms with E-state index in [4.69, 9.17) is 32.7 Å². The number of benzene rings is 3. The summed E-state index contributed by atoms with van der Waals surface area (Å²) in [5.41, 5.74) is 0.427. The van der Waals surface area contributed by atoms with Crippen molar-refractivity contribution in [3.8, 4) is 11.5 Å². The number of anilines is 1. The maximum atomic E-state index is 14.0. The molecule has 0 aromatic heterocycles. The van der Waals surface area contributed by atoms with E-state index in [0.29, 0.717) is 17.9 Å². The van der Waals surface area contributed by atoms with Crippen LogP contribution in [-0.4, -0.2) is 57.0 Å². The van der Waals surface area contributed by atoms with Crippen LogP contribution in [0, 0.1) is 5.82 Å². The predicted molar refractivity (Wildman–Crippen MR) is 158 cm³/mol. The first-order chi connectivity index (χ1) is 19.9. The molecule has 0 fully saturated rings. The lowest BCUT2D eigenvalue weighted by molar-refractivity contribution is -0.139. The second-order valence-corrected chi connectivity index (χ2v) is 12.5. The Bertz CT molecular complexity index is 1550. The zero-order chi connectivity index (χ0) is 30.6. The van der Waals surface area contributed by atoms with Crippen molar-refractivity contribution in [2.24, 2.45) is 0 Å². The quantitative estimate of drug-likeness (QED) is 0.334. The summed E-state index contributed by atoms with van der Waals surface area (Å²) in [4.78, 5) is 28.1. The molecular weight excluding hydrogens is 608 g/mol. The van der Waals surface area contributed by atoms with Gasteiger partial charge in [0.05, 0.1) is 10.6 Å². The Morgan fingerprint density at radius 1 is 0.952 bits per heavy atom. The van der Waals surface area contributed by atoms with Gasteiger partial charge >= 0.3 is 0 Å². The Balaban J connectivity index is 1.75. The lowest BCUT2D eigenvalue weighted by Crippen LogP contribution is -2.52. The van der Waals surface area contributed by atoms with Gasteiger partial charge in [0.25, 0.3) is 10.0 Å². The summed E-state index contributed by atoms with van der Waals surface area (Å²) in [7, 11) is -4.41. The molecule has 3 aromatic carbocycles. The summed E-state index contributed by atoms with van der Waals surface area (Å²) >= 11 is 12.8. The minimum Gasteiger partial charge on any atom is -0.486 e. The standard InChI is InChI=1S/C29H30Cl2FN3O6S/c1-18(2)33-29(37)19(3)34(16-23-24(30)5-4-6-25(23)31)28(36)17-35(21-9-7-20(32)8-10-21)42(38,39)22-11-12-26-27(15-22)41-14-13-40-26/h4-12,15,18-19H,13-14,16-17H2,1-3H3,(H,33,37)/t19-/m0/s1. The average molecular weight is 639 g/mol. The third kappa shape index (κ3) is 7.08. The predicted octanol–water partition coefficient (Wildman–Crippen LogP) is 5.04. The summed E-state index contributed by atoms with van der Waals surface area (Å²) in [6, 6.07) is 12.4. The lowest BCUT2D eigenvalue weighted by Gasteiger charge is -2.32. The molecule has 1 aliphatic heterocycles. The minimum absolute atomic E-state index is 0.0367. The van der Waals surface area contributed by atoms with Crippen molar-refractivity contribution in [2.45, 2.75) is 44.3 Å². The molecule has 0 bridgehead atoms. The van der Waals surface area contributed by atoms with Crippen LogP contribution in [0.15, 0.2) is 65.6 Å². The number of carbonyl (C=O) groups excluding carboxylic acids is 2. The molecule has 224 valence electrons. The van der Waals surface area contributed by atoms with E-state index in [1.165, 1.54) is 42.2 Å². The summed E-state index contributed by atoms with van der Waals surface area (Å²) in [5, 5.41) is 3.32. The summed E-state index contributed by atoms with van der Waals surface area (Å²) in [5.74, 6) is -1.14. The van der Waals surface area contributed by atoms with Gasteiger partial charge in [-0.1, -0.05) is 29.3 Å². The highest BCUT2D eigenvalue weighted by molar-refractivity contribution is 7.92. The van der Waals surface area contributed by atoms with Gasteiger partial charge in [-0.25, -0.2) is 12.8 Å². The van der Waals surface area contributed by atoms with Crippen molar-refractivity contribution < 1.29 is 31.9 Å². The summed E-state index contributed by atoms with van der Waals surface area (Å²) in [6.07, 6.45) is 0. The van der Waals surface area contributed by atoms with Gasteiger partial charge in [-0.05, 0) is 69.3 Å². The Hall–Kier alpha value is -3.54. The number of fused-ring (bicyclic) bond motifs is 1. The minimum atomic E-state index is -4.41. The Morgan fingerprint density at radius 2 is 1.57 bits per heavy atom. The topological polar surface area (TPSA) is 105 Å². The number of hydrogen-bond acceptors (Lipinski definition) is 6. The van der Waals surface area contributed by atoms with Crippen molar-refractivity contribution in [1.29, 1.82) is 0 Å². The van der Waals surface area contributed by atoms with Crippen molar-refractivity contribution in [3.05, 3.63) is 82.1 Å². The van der Waals surface area contributed by atoms with Gasteiger partial charge in [-0.2, -0.15) is 0 Å². The maximum absolute atomic E-state index is 14.0. The van der Waals surface area contributed by atoms with Crippen LogP contribution in [-0.2, 0) is 26.2 Å². The van der Waals surface area contributed by atoms with Gasteiger partial charge in [0.2, 0.25) is 11.8 Å². The highest BCUT2D eigenvalue weighted by Crippen LogP contribution is 2.34. The van der Waals surface area contributed by atoms with E-state index >= 15 is 0 Å². The van der Waals surface area contributed by atoms with Crippen LogP contribution in [0.1, 0.15) is 26.3 Å². The first-order valence-corrected chi connectivity index (χ1v) is 15.3. The van der Waals surface area contributed by atoms with Crippen molar-refractivity contribution in [2.75, 3.05) is 24.1 Å². The molecule has 0 radical (unpaired) electrons. The highest BCUT2D eigenvalue weighted by atomic mass is 35.5. The number of hydrogen-bond donors (Lipinski definition) is 1. The first kappa shape index (κ1) is 31.4. The SMILES string of the molecule is CC(C)NC(=O)[C@H](C)N(Cc1c(Cl)cccc1Cl)C(=O)CN(c1ccc(F)cc1)S(=O)(=O)c1ccc2c(c1)OCCO2. The fraction of sp³-hybridized carbons (Fsp3) is 0.310. The molecule has 42 heavy (non-hydrogen) atoms. The molecule has 2 amide bonds. The number of nitrogens with zero attached hydrogens (tertiary/aromatic N) is 2. The van der Waals surface area contributed by atoms with Crippen LogP contribution in [0.2, 0.25) is 10.0 Å². The van der Waals surface area contributed by atoms with Crippen molar-refractivity contribution in [1.82, 2.24) is 10.2 Å². The van der Waals surface area contributed by atoms with E-state index in [-0.39, 0.29) is 45.6 Å². The van der Waals surface area contributed by atoms with E-state index in [1.807, 2.05) is 0 Å². The van der Waals surface area contributed by atoms with Gasteiger partial charge in [0, 0.05) is 34.3 Å². The first-order valence-electron chi connectivity index (χ1n) is 13.1. The second kappa shape index (κ2) is 13.2. The second-order valence-electron chi connectivity index (χ2n) is 9.85. The largest absolute Gasteiger partial charge is 0.486 e. The monoisotopic (exact) mass is 637 g/mol. The number of ether oxygens (including phenoxy) is 2. The van der Waals surface area contributed by atoms with E-state index in [2.05, 4.69) is 5.32 Å². The number of halogens is 3. The van der Waals surface area contributed by atoms with Crippen LogP contribution in [0.25, 0.3) is 0 Å². The molecule has 0 unspecified atom stereocenters. The summed E-state index contributed by atoms with van der Waals surface area (Å²) in [6.45, 7) is 4.75. The lowest BCUT2D eigenvalue weighted by atomic mass is 10.1. The molecular formula is C29H30Cl2FN3O6S. The van der Waals surface area contributed by atoms with Crippen LogP contribution < -0.4 is 19.1 Å². The van der Waals surface area contributed by atoms with E-state index in [9.17, 15) is 22.4 Å². The van der Waals surface area contributed by atoms with E-state index in [0.717, 1.165) is 16.4 Å². The van der Waals surface area contributed by atoms with Crippen LogP contribution in [0.3, 0.4) is 0 Å². The van der Waals surface area contributed by atoms with Crippen molar-refractivity contribution >= 4 is 50.7 Å². The Labute approximate surface area is 254 Å². The van der Waals surface area contributed by atoms with Gasteiger partial charge in [0.1, 0.15) is 31.6 Å². The molecule has 0 saturated carbocycles. The molecule has 1 heterocycles. The molecule has 1 N–H and O–H groups in total. The normalized spacial score (nSPS) is 13.4. The number of carbonyl (C=O) groups is 2. The smallest absolute Gasteiger partial charge is 0.264 e.